The highest BCUT2D eigenvalue weighted by atomic mass is 16.5. The largest absolute Gasteiger partial charge is 0.468 e. The van der Waals surface area contributed by atoms with Crippen LogP contribution >= 0.6 is 0 Å². The minimum absolute atomic E-state index is 0.164. The molecule has 0 bridgehead atoms. The predicted octanol–water partition coefficient (Wildman–Crippen LogP) is 0.609. The van der Waals surface area contributed by atoms with Crippen LogP contribution in [0.4, 0.5) is 0 Å². The molecule has 0 aromatic heterocycles. The van der Waals surface area contributed by atoms with E-state index in [1.807, 2.05) is 0 Å². The van der Waals surface area contributed by atoms with Crippen LogP contribution in [0, 0.1) is 5.92 Å². The third-order valence-electron chi connectivity index (χ3n) is 3.36. The molecule has 0 aliphatic carbocycles. The van der Waals surface area contributed by atoms with E-state index >= 15 is 0 Å². The molecule has 0 aromatic rings. The first kappa shape index (κ1) is 12.5. The van der Waals surface area contributed by atoms with Crippen LogP contribution in [0.3, 0.4) is 0 Å². The second-order valence-corrected chi connectivity index (χ2v) is 4.23. The summed E-state index contributed by atoms with van der Waals surface area (Å²) in [4.78, 5) is 13.3. The first-order valence-electron chi connectivity index (χ1n) is 5.72. The lowest BCUT2D eigenvalue weighted by Gasteiger charge is -2.38. The van der Waals surface area contributed by atoms with Crippen LogP contribution < -0.4 is 5.73 Å². The molecule has 1 rings (SSSR count). The highest BCUT2D eigenvalue weighted by Gasteiger charge is 2.27. The number of methoxy groups -OCH3 is 1. The molecule has 15 heavy (non-hydrogen) atoms. The van der Waals surface area contributed by atoms with Crippen LogP contribution in [0.5, 0.6) is 0 Å². The van der Waals surface area contributed by atoms with Gasteiger partial charge in [-0.2, -0.15) is 0 Å². The molecule has 0 saturated carbocycles. The van der Waals surface area contributed by atoms with Gasteiger partial charge in [0.05, 0.1) is 13.7 Å². The Morgan fingerprint density at radius 3 is 2.87 bits per heavy atom. The molecule has 2 atom stereocenters. The summed E-state index contributed by atoms with van der Waals surface area (Å²) < 4.78 is 4.68. The standard InChI is InChI=1S/C11H22N2O2/c1-3-9-4-5-13(8-11(14)15-2)10(6-9)7-12/h9-10H,3-8,12H2,1-2H3. The normalized spacial score (nSPS) is 27.7. The van der Waals surface area contributed by atoms with Gasteiger partial charge in [0.15, 0.2) is 0 Å². The smallest absolute Gasteiger partial charge is 0.319 e. The van der Waals surface area contributed by atoms with Crippen molar-refractivity contribution in [1.82, 2.24) is 4.90 Å². The summed E-state index contributed by atoms with van der Waals surface area (Å²) >= 11 is 0. The maximum Gasteiger partial charge on any atom is 0.319 e. The van der Waals surface area contributed by atoms with Gasteiger partial charge >= 0.3 is 5.97 Å². The predicted molar refractivity (Wildman–Crippen MR) is 59.4 cm³/mol. The van der Waals surface area contributed by atoms with Gasteiger partial charge in [0.25, 0.3) is 0 Å². The topological polar surface area (TPSA) is 55.6 Å². The van der Waals surface area contributed by atoms with Crippen LogP contribution in [0.1, 0.15) is 26.2 Å². The maximum absolute atomic E-state index is 11.2. The van der Waals surface area contributed by atoms with E-state index in [2.05, 4.69) is 16.6 Å². The van der Waals surface area contributed by atoms with Crippen molar-refractivity contribution >= 4 is 5.97 Å². The van der Waals surface area contributed by atoms with E-state index in [-0.39, 0.29) is 5.97 Å². The summed E-state index contributed by atoms with van der Waals surface area (Å²) in [6.45, 7) is 4.20. The number of esters is 1. The van der Waals surface area contributed by atoms with E-state index in [0.29, 0.717) is 19.1 Å². The van der Waals surface area contributed by atoms with Crippen molar-refractivity contribution in [3.05, 3.63) is 0 Å². The van der Waals surface area contributed by atoms with Crippen LogP contribution in [0.2, 0.25) is 0 Å². The second kappa shape index (κ2) is 6.08. The zero-order valence-electron chi connectivity index (χ0n) is 9.74. The molecule has 4 nitrogen and oxygen atoms in total. The van der Waals surface area contributed by atoms with E-state index in [0.717, 1.165) is 18.9 Å². The Morgan fingerprint density at radius 1 is 1.60 bits per heavy atom. The van der Waals surface area contributed by atoms with Crippen molar-refractivity contribution in [2.75, 3.05) is 26.7 Å². The quantitative estimate of drug-likeness (QED) is 0.697. The van der Waals surface area contributed by atoms with Crippen molar-refractivity contribution in [2.45, 2.75) is 32.2 Å². The molecular weight excluding hydrogens is 192 g/mol. The summed E-state index contributed by atoms with van der Waals surface area (Å²) in [6.07, 6.45) is 3.50. The fourth-order valence-electron chi connectivity index (χ4n) is 2.24. The number of carbonyl (C=O) groups excluding carboxylic acids is 1. The molecule has 1 aliphatic rings. The maximum atomic E-state index is 11.2. The highest BCUT2D eigenvalue weighted by Crippen LogP contribution is 2.24. The minimum Gasteiger partial charge on any atom is -0.468 e. The molecule has 88 valence electrons. The van der Waals surface area contributed by atoms with Gasteiger partial charge < -0.3 is 10.5 Å². The van der Waals surface area contributed by atoms with E-state index in [1.165, 1.54) is 20.0 Å². The Kier molecular flexibility index (Phi) is 5.05. The third kappa shape index (κ3) is 3.47. The summed E-state index contributed by atoms with van der Waals surface area (Å²) in [5.74, 6) is 0.607. The van der Waals surface area contributed by atoms with Gasteiger partial charge in [-0.3, -0.25) is 9.69 Å². The van der Waals surface area contributed by atoms with E-state index in [9.17, 15) is 4.79 Å². The van der Waals surface area contributed by atoms with Crippen LogP contribution in [0.15, 0.2) is 0 Å². The fraction of sp³-hybridized carbons (Fsp3) is 0.909. The Morgan fingerprint density at radius 2 is 2.33 bits per heavy atom. The first-order chi connectivity index (χ1) is 7.21. The SMILES string of the molecule is CCC1CCN(CC(=O)OC)C(CN)C1. The molecule has 0 radical (unpaired) electrons. The monoisotopic (exact) mass is 214 g/mol. The summed E-state index contributed by atoms with van der Waals surface area (Å²) in [6, 6.07) is 0.350. The summed E-state index contributed by atoms with van der Waals surface area (Å²) in [5.41, 5.74) is 5.73. The van der Waals surface area contributed by atoms with E-state index < -0.39 is 0 Å². The lowest BCUT2D eigenvalue weighted by Crippen LogP contribution is -2.48. The van der Waals surface area contributed by atoms with Gasteiger partial charge in [0.2, 0.25) is 0 Å². The lowest BCUT2D eigenvalue weighted by molar-refractivity contribution is -0.143. The van der Waals surface area contributed by atoms with Gasteiger partial charge in [-0.05, 0) is 25.3 Å². The fourth-order valence-corrected chi connectivity index (χ4v) is 2.24. The van der Waals surface area contributed by atoms with Gasteiger partial charge in [-0.1, -0.05) is 13.3 Å². The Bertz CT molecular complexity index is 209. The number of rotatable bonds is 4. The van der Waals surface area contributed by atoms with E-state index in [4.69, 9.17) is 5.73 Å². The van der Waals surface area contributed by atoms with Crippen molar-refractivity contribution in [3.63, 3.8) is 0 Å². The molecule has 1 heterocycles. The number of piperidine rings is 1. The average Bonchev–Trinajstić information content (AvgIpc) is 2.29. The number of hydrogen-bond donors (Lipinski definition) is 1. The van der Waals surface area contributed by atoms with Crippen molar-refractivity contribution in [2.24, 2.45) is 11.7 Å². The van der Waals surface area contributed by atoms with Crippen molar-refractivity contribution in [1.29, 1.82) is 0 Å². The summed E-state index contributed by atoms with van der Waals surface area (Å²) in [5, 5.41) is 0. The number of hydrogen-bond acceptors (Lipinski definition) is 4. The Hall–Kier alpha value is -0.610. The first-order valence-corrected chi connectivity index (χ1v) is 5.72. The number of likely N-dealkylation sites (tertiary alicyclic amines) is 1. The lowest BCUT2D eigenvalue weighted by atomic mass is 9.89. The molecule has 1 aliphatic heterocycles. The second-order valence-electron chi connectivity index (χ2n) is 4.23. The number of carbonyl (C=O) groups is 1. The summed E-state index contributed by atoms with van der Waals surface area (Å²) in [7, 11) is 1.43. The Balaban J connectivity index is 2.47. The van der Waals surface area contributed by atoms with Crippen LogP contribution in [0.25, 0.3) is 0 Å². The van der Waals surface area contributed by atoms with Crippen molar-refractivity contribution < 1.29 is 9.53 Å². The molecule has 1 saturated heterocycles. The van der Waals surface area contributed by atoms with Gasteiger partial charge in [-0.25, -0.2) is 0 Å². The third-order valence-corrected chi connectivity index (χ3v) is 3.36. The van der Waals surface area contributed by atoms with Crippen LogP contribution in [-0.2, 0) is 9.53 Å². The Labute approximate surface area is 91.8 Å². The number of nitrogens with zero attached hydrogens (tertiary/aromatic N) is 1. The highest BCUT2D eigenvalue weighted by molar-refractivity contribution is 5.71. The molecule has 0 aromatic carbocycles. The minimum atomic E-state index is -0.164. The molecule has 0 amide bonds. The van der Waals surface area contributed by atoms with Gasteiger partial charge in [0.1, 0.15) is 0 Å². The number of ether oxygens (including phenoxy) is 1. The molecule has 1 fully saturated rings. The molecule has 2 unspecified atom stereocenters. The zero-order valence-corrected chi connectivity index (χ0v) is 9.74. The zero-order chi connectivity index (χ0) is 11.3. The van der Waals surface area contributed by atoms with Crippen molar-refractivity contribution in [3.8, 4) is 0 Å². The number of nitrogens with two attached hydrogens (primary N) is 1. The molecular formula is C11H22N2O2. The average molecular weight is 214 g/mol. The molecule has 2 N–H and O–H groups in total. The van der Waals surface area contributed by atoms with Gasteiger partial charge in [0, 0.05) is 12.6 Å². The van der Waals surface area contributed by atoms with Crippen LogP contribution in [-0.4, -0.2) is 43.7 Å². The molecule has 4 heteroatoms. The molecule has 0 spiro atoms. The van der Waals surface area contributed by atoms with Gasteiger partial charge in [-0.15, -0.1) is 0 Å². The van der Waals surface area contributed by atoms with E-state index in [1.54, 1.807) is 0 Å².